The van der Waals surface area contributed by atoms with Gasteiger partial charge in [-0.25, -0.2) is 4.79 Å². The van der Waals surface area contributed by atoms with Crippen LogP contribution in [0.5, 0.6) is 0 Å². The van der Waals surface area contributed by atoms with E-state index in [0.717, 1.165) is 57.5 Å². The van der Waals surface area contributed by atoms with Gasteiger partial charge in [0.15, 0.2) is 0 Å². The van der Waals surface area contributed by atoms with Crippen molar-refractivity contribution >= 4 is 23.4 Å². The van der Waals surface area contributed by atoms with Gasteiger partial charge in [0.25, 0.3) is 0 Å². The van der Waals surface area contributed by atoms with Crippen LogP contribution in [-0.4, -0.2) is 42.8 Å². The maximum absolute atomic E-state index is 12.2. The van der Waals surface area contributed by atoms with Gasteiger partial charge in [-0.1, -0.05) is 11.6 Å². The smallest absolute Gasteiger partial charge is 0.410 e. The van der Waals surface area contributed by atoms with Crippen LogP contribution < -0.4 is 4.90 Å². The van der Waals surface area contributed by atoms with Gasteiger partial charge >= 0.3 is 6.09 Å². The minimum absolute atomic E-state index is 0.185. The lowest BCUT2D eigenvalue weighted by Gasteiger charge is -2.41. The van der Waals surface area contributed by atoms with E-state index in [1.165, 1.54) is 0 Å². The number of likely N-dealkylation sites (tertiary alicyclic amines) is 1. The maximum Gasteiger partial charge on any atom is 0.410 e. The number of ether oxygens (including phenoxy) is 1. The topological polar surface area (TPSA) is 56.6 Å². The number of anilines is 1. The fourth-order valence-electron chi connectivity index (χ4n) is 4.33. The molecule has 1 aromatic rings. The Balaban J connectivity index is 1.49. The summed E-state index contributed by atoms with van der Waals surface area (Å²) >= 11 is 6.16. The zero-order valence-electron chi connectivity index (χ0n) is 17.1. The summed E-state index contributed by atoms with van der Waals surface area (Å²) in [4.78, 5) is 16.4. The largest absolute Gasteiger partial charge is 0.444 e. The van der Waals surface area contributed by atoms with Crippen LogP contribution in [-0.2, 0) is 4.74 Å². The third-order valence-corrected chi connectivity index (χ3v) is 5.99. The zero-order chi connectivity index (χ0) is 20.3. The van der Waals surface area contributed by atoms with Crippen LogP contribution in [0.2, 0.25) is 5.02 Å². The van der Waals surface area contributed by atoms with Crippen LogP contribution >= 0.6 is 11.6 Å². The SMILES string of the molecule is CC(C)(C)OC(=O)N1CCC(C2CCN(c3cc(Cl)cc(C#N)c3)CC2)CC1. The third-order valence-electron chi connectivity index (χ3n) is 5.77. The van der Waals surface area contributed by atoms with Crippen molar-refractivity contribution in [2.75, 3.05) is 31.1 Å². The van der Waals surface area contributed by atoms with Gasteiger partial charge in [0, 0.05) is 36.9 Å². The Morgan fingerprint density at radius 2 is 1.64 bits per heavy atom. The summed E-state index contributed by atoms with van der Waals surface area (Å²) in [5.74, 6) is 1.38. The van der Waals surface area contributed by atoms with E-state index in [-0.39, 0.29) is 6.09 Å². The predicted octanol–water partition coefficient (Wildman–Crippen LogP) is 5.08. The molecule has 0 N–H and O–H groups in total. The number of hydrogen-bond donors (Lipinski definition) is 0. The van der Waals surface area contributed by atoms with Gasteiger partial charge in [-0.2, -0.15) is 5.26 Å². The molecule has 2 aliphatic heterocycles. The van der Waals surface area contributed by atoms with Crippen LogP contribution in [0.15, 0.2) is 18.2 Å². The second-order valence-corrected chi connectivity index (χ2v) is 9.38. The molecular formula is C22H30ClN3O2. The van der Waals surface area contributed by atoms with Gasteiger partial charge in [-0.3, -0.25) is 0 Å². The second kappa shape index (κ2) is 8.61. The molecule has 3 rings (SSSR count). The summed E-state index contributed by atoms with van der Waals surface area (Å²) in [5.41, 5.74) is 1.22. The highest BCUT2D eigenvalue weighted by atomic mass is 35.5. The number of amides is 1. The number of carbonyl (C=O) groups excluding carboxylic acids is 1. The number of piperidine rings is 2. The number of rotatable bonds is 2. The molecule has 1 amide bonds. The predicted molar refractivity (Wildman–Crippen MR) is 112 cm³/mol. The normalized spacial score (nSPS) is 19.4. The lowest BCUT2D eigenvalue weighted by Crippen LogP contribution is -2.44. The standard InChI is InChI=1S/C22H30ClN3O2/c1-22(2,3)28-21(27)26-10-6-18(7-11-26)17-4-8-25(9-5-17)20-13-16(15-24)12-19(23)14-20/h12-14,17-18H,4-11H2,1-3H3. The number of halogens is 1. The molecule has 5 nitrogen and oxygen atoms in total. The van der Waals surface area contributed by atoms with E-state index in [1.54, 1.807) is 6.07 Å². The first-order valence-electron chi connectivity index (χ1n) is 10.2. The van der Waals surface area contributed by atoms with Crippen LogP contribution in [0.4, 0.5) is 10.5 Å². The molecule has 0 atom stereocenters. The summed E-state index contributed by atoms with van der Waals surface area (Å²) in [7, 11) is 0. The number of nitrogens with zero attached hydrogens (tertiary/aromatic N) is 3. The fourth-order valence-corrected chi connectivity index (χ4v) is 4.56. The van der Waals surface area contributed by atoms with Gasteiger partial charge in [-0.05, 0) is 76.5 Å². The van der Waals surface area contributed by atoms with Gasteiger partial charge < -0.3 is 14.5 Å². The molecule has 1 aromatic carbocycles. The highest BCUT2D eigenvalue weighted by molar-refractivity contribution is 6.31. The first kappa shape index (κ1) is 20.8. The Morgan fingerprint density at radius 1 is 1.07 bits per heavy atom. The van der Waals surface area contributed by atoms with E-state index >= 15 is 0 Å². The van der Waals surface area contributed by atoms with Crippen LogP contribution in [0.25, 0.3) is 0 Å². The van der Waals surface area contributed by atoms with Crippen molar-refractivity contribution in [2.45, 2.75) is 52.1 Å². The molecule has 152 valence electrons. The van der Waals surface area contributed by atoms with Crippen molar-refractivity contribution in [3.63, 3.8) is 0 Å². The molecule has 6 heteroatoms. The Kier molecular flexibility index (Phi) is 6.40. The highest BCUT2D eigenvalue weighted by Crippen LogP contribution is 2.35. The van der Waals surface area contributed by atoms with Crippen molar-refractivity contribution in [1.29, 1.82) is 5.26 Å². The van der Waals surface area contributed by atoms with Crippen molar-refractivity contribution in [2.24, 2.45) is 11.8 Å². The highest BCUT2D eigenvalue weighted by Gasteiger charge is 2.32. The van der Waals surface area contributed by atoms with Crippen molar-refractivity contribution in [3.8, 4) is 6.07 Å². The first-order chi connectivity index (χ1) is 13.2. The average Bonchev–Trinajstić information content (AvgIpc) is 2.66. The molecule has 0 aliphatic carbocycles. The molecule has 0 spiro atoms. The number of hydrogen-bond acceptors (Lipinski definition) is 4. The number of benzene rings is 1. The number of carbonyl (C=O) groups is 1. The fraction of sp³-hybridized carbons (Fsp3) is 0.636. The molecule has 0 bridgehead atoms. The van der Waals surface area contributed by atoms with Gasteiger partial charge in [-0.15, -0.1) is 0 Å². The molecule has 0 unspecified atom stereocenters. The summed E-state index contributed by atoms with van der Waals surface area (Å²) in [6, 6.07) is 7.75. The molecule has 28 heavy (non-hydrogen) atoms. The quantitative estimate of drug-likeness (QED) is 0.691. The molecule has 2 heterocycles. The molecule has 2 fully saturated rings. The zero-order valence-corrected chi connectivity index (χ0v) is 17.8. The van der Waals surface area contributed by atoms with Crippen molar-refractivity contribution < 1.29 is 9.53 Å². The minimum atomic E-state index is -0.438. The maximum atomic E-state index is 12.2. The van der Waals surface area contributed by atoms with Crippen molar-refractivity contribution in [3.05, 3.63) is 28.8 Å². The van der Waals surface area contributed by atoms with E-state index in [1.807, 2.05) is 37.8 Å². The Labute approximate surface area is 173 Å². The molecule has 0 aromatic heterocycles. The molecule has 2 saturated heterocycles. The first-order valence-corrected chi connectivity index (χ1v) is 10.6. The van der Waals surface area contributed by atoms with E-state index < -0.39 is 5.60 Å². The van der Waals surface area contributed by atoms with E-state index in [9.17, 15) is 4.79 Å². The van der Waals surface area contributed by atoms with E-state index in [0.29, 0.717) is 22.4 Å². The third kappa shape index (κ3) is 5.32. The summed E-state index contributed by atoms with van der Waals surface area (Å²) in [6.07, 6.45) is 4.21. The lowest BCUT2D eigenvalue weighted by atomic mass is 9.79. The molecule has 0 radical (unpaired) electrons. The Morgan fingerprint density at radius 3 is 2.18 bits per heavy atom. The summed E-state index contributed by atoms with van der Waals surface area (Å²) in [6.45, 7) is 9.28. The Bertz CT molecular complexity index is 737. The Hall–Kier alpha value is -1.93. The van der Waals surface area contributed by atoms with E-state index in [4.69, 9.17) is 21.6 Å². The van der Waals surface area contributed by atoms with Gasteiger partial charge in [0.05, 0.1) is 11.6 Å². The van der Waals surface area contributed by atoms with Gasteiger partial charge in [0.2, 0.25) is 0 Å². The monoisotopic (exact) mass is 403 g/mol. The van der Waals surface area contributed by atoms with Crippen LogP contribution in [0, 0.1) is 23.2 Å². The van der Waals surface area contributed by atoms with Gasteiger partial charge in [0.1, 0.15) is 5.60 Å². The number of nitriles is 1. The molecule has 0 saturated carbocycles. The van der Waals surface area contributed by atoms with E-state index in [2.05, 4.69) is 11.0 Å². The summed E-state index contributed by atoms with van der Waals surface area (Å²) in [5, 5.41) is 9.77. The molecular weight excluding hydrogens is 374 g/mol. The van der Waals surface area contributed by atoms with Crippen LogP contribution in [0.3, 0.4) is 0 Å². The average molecular weight is 404 g/mol. The molecule has 2 aliphatic rings. The minimum Gasteiger partial charge on any atom is -0.444 e. The van der Waals surface area contributed by atoms with Crippen LogP contribution in [0.1, 0.15) is 52.0 Å². The second-order valence-electron chi connectivity index (χ2n) is 8.94. The van der Waals surface area contributed by atoms with Crippen molar-refractivity contribution in [1.82, 2.24) is 4.90 Å². The lowest BCUT2D eigenvalue weighted by molar-refractivity contribution is 0.0152. The summed E-state index contributed by atoms with van der Waals surface area (Å²) < 4.78 is 5.50.